The van der Waals surface area contributed by atoms with Crippen molar-refractivity contribution in [2.75, 3.05) is 0 Å². The average molecular weight is 395 g/mol. The zero-order valence-electron chi connectivity index (χ0n) is 14.2. The number of rotatable bonds is 3. The van der Waals surface area contributed by atoms with E-state index >= 15 is 0 Å². The number of amides is 2. The number of carbonyl (C=O) groups is 1. The topological polar surface area (TPSA) is 41.1 Å². The maximum Gasteiger partial charge on any atom is 0.320 e. The summed E-state index contributed by atoms with van der Waals surface area (Å²) in [5.41, 5.74) is 4.63. The molecule has 0 fully saturated rings. The second-order valence-corrected chi connectivity index (χ2v) is 7.12. The van der Waals surface area contributed by atoms with E-state index in [9.17, 15) is 4.79 Å². The Morgan fingerprint density at radius 2 is 1.30 bits per heavy atom. The summed E-state index contributed by atoms with van der Waals surface area (Å²) in [5.74, 6) is 0. The minimum atomic E-state index is -0.302. The zero-order valence-corrected chi connectivity index (χ0v) is 15.8. The number of nitrogens with one attached hydrogen (secondary N) is 2. The number of urea groups is 1. The van der Waals surface area contributed by atoms with Crippen molar-refractivity contribution in [3.8, 4) is 0 Å². The minimum absolute atomic E-state index is 0.250. The van der Waals surface area contributed by atoms with Crippen molar-refractivity contribution in [1.82, 2.24) is 10.6 Å². The van der Waals surface area contributed by atoms with Crippen LogP contribution >= 0.6 is 23.2 Å². The zero-order chi connectivity index (χ0) is 18.8. The highest BCUT2D eigenvalue weighted by atomic mass is 35.5. The van der Waals surface area contributed by atoms with Crippen LogP contribution in [0.25, 0.3) is 11.3 Å². The first-order valence-corrected chi connectivity index (χ1v) is 9.26. The van der Waals surface area contributed by atoms with E-state index < -0.39 is 0 Å². The molecule has 1 unspecified atom stereocenters. The Labute approximate surface area is 167 Å². The van der Waals surface area contributed by atoms with Crippen LogP contribution in [0.15, 0.2) is 78.9 Å². The largest absolute Gasteiger partial charge is 0.327 e. The Kier molecular flexibility index (Phi) is 4.88. The molecule has 3 nitrogen and oxygen atoms in total. The van der Waals surface area contributed by atoms with Crippen molar-refractivity contribution in [2.45, 2.75) is 6.04 Å². The van der Waals surface area contributed by atoms with Crippen LogP contribution in [0, 0.1) is 0 Å². The molecule has 134 valence electrons. The predicted molar refractivity (Wildman–Crippen MR) is 111 cm³/mol. The number of hydrogen-bond donors (Lipinski definition) is 2. The third-order valence-corrected chi connectivity index (χ3v) is 5.00. The predicted octanol–water partition coefficient (Wildman–Crippen LogP) is 5.92. The Hall–Kier alpha value is -2.75. The van der Waals surface area contributed by atoms with E-state index in [-0.39, 0.29) is 12.1 Å². The van der Waals surface area contributed by atoms with Crippen molar-refractivity contribution >= 4 is 40.5 Å². The van der Waals surface area contributed by atoms with Crippen LogP contribution in [0.4, 0.5) is 4.79 Å². The van der Waals surface area contributed by atoms with Gasteiger partial charge in [-0.05, 0) is 41.0 Å². The molecule has 0 aliphatic carbocycles. The molecule has 27 heavy (non-hydrogen) atoms. The van der Waals surface area contributed by atoms with E-state index in [0.29, 0.717) is 10.0 Å². The van der Waals surface area contributed by atoms with Gasteiger partial charge in [0.1, 0.15) is 0 Å². The normalized spacial score (nSPS) is 16.7. The van der Waals surface area contributed by atoms with Crippen molar-refractivity contribution in [3.05, 3.63) is 106 Å². The van der Waals surface area contributed by atoms with Gasteiger partial charge in [-0.2, -0.15) is 0 Å². The van der Waals surface area contributed by atoms with E-state index in [1.165, 1.54) is 0 Å². The summed E-state index contributed by atoms with van der Waals surface area (Å²) in [5, 5.41) is 7.31. The molecule has 1 atom stereocenters. The molecule has 3 aromatic carbocycles. The van der Waals surface area contributed by atoms with E-state index in [1.807, 2.05) is 78.9 Å². The van der Waals surface area contributed by atoms with Gasteiger partial charge in [-0.3, -0.25) is 0 Å². The molecular formula is C22H16Cl2N2O. The average Bonchev–Trinajstić information content (AvgIpc) is 2.69. The third-order valence-electron chi connectivity index (χ3n) is 4.49. The minimum Gasteiger partial charge on any atom is -0.327 e. The standard InChI is InChI=1S/C22H16Cl2N2O/c23-17-10-6-15(7-11-17)20-19(14-4-2-1-3-5-14)21(26-22(27)25-20)16-8-12-18(24)13-9-16/h1-13,20H,(H2,25,26,27). The molecule has 0 spiro atoms. The van der Waals surface area contributed by atoms with Crippen molar-refractivity contribution in [1.29, 1.82) is 0 Å². The van der Waals surface area contributed by atoms with Crippen LogP contribution in [0.1, 0.15) is 22.7 Å². The first-order chi connectivity index (χ1) is 13.1. The van der Waals surface area contributed by atoms with Gasteiger partial charge in [-0.15, -0.1) is 0 Å². The lowest BCUT2D eigenvalue weighted by Gasteiger charge is -2.31. The molecule has 4 rings (SSSR count). The Bertz CT molecular complexity index is 997. The second-order valence-electron chi connectivity index (χ2n) is 6.24. The van der Waals surface area contributed by atoms with E-state index in [0.717, 1.165) is 28.0 Å². The third kappa shape index (κ3) is 3.70. The highest BCUT2D eigenvalue weighted by molar-refractivity contribution is 6.30. The van der Waals surface area contributed by atoms with Crippen molar-refractivity contribution < 1.29 is 4.79 Å². The molecule has 0 saturated heterocycles. The fraction of sp³-hybridized carbons (Fsp3) is 0.0455. The van der Waals surface area contributed by atoms with Gasteiger partial charge >= 0.3 is 6.03 Å². The van der Waals surface area contributed by atoms with Gasteiger partial charge in [0.2, 0.25) is 0 Å². The van der Waals surface area contributed by atoms with Crippen LogP contribution in [-0.2, 0) is 0 Å². The SMILES string of the molecule is O=C1NC(c2ccc(Cl)cc2)=C(c2ccccc2)C(c2ccc(Cl)cc2)N1. The van der Waals surface area contributed by atoms with Crippen LogP contribution in [0.5, 0.6) is 0 Å². The Morgan fingerprint density at radius 3 is 1.93 bits per heavy atom. The first-order valence-electron chi connectivity index (χ1n) is 8.50. The van der Waals surface area contributed by atoms with Crippen LogP contribution in [0.3, 0.4) is 0 Å². The molecule has 0 aromatic heterocycles. The molecule has 2 amide bonds. The molecule has 1 heterocycles. The van der Waals surface area contributed by atoms with Crippen LogP contribution in [0.2, 0.25) is 10.0 Å². The van der Waals surface area contributed by atoms with Gasteiger partial charge in [0.25, 0.3) is 0 Å². The van der Waals surface area contributed by atoms with Gasteiger partial charge in [0.05, 0.1) is 11.7 Å². The number of benzene rings is 3. The summed E-state index contributed by atoms with van der Waals surface area (Å²) >= 11 is 12.1. The maximum absolute atomic E-state index is 12.4. The van der Waals surface area contributed by atoms with E-state index in [2.05, 4.69) is 10.6 Å². The Balaban J connectivity index is 1.94. The van der Waals surface area contributed by atoms with E-state index in [4.69, 9.17) is 23.2 Å². The fourth-order valence-electron chi connectivity index (χ4n) is 3.24. The van der Waals surface area contributed by atoms with Gasteiger partial charge in [0, 0.05) is 15.6 Å². The summed E-state index contributed by atoms with van der Waals surface area (Å²) in [6, 6.07) is 24.4. The van der Waals surface area contributed by atoms with Gasteiger partial charge in [-0.25, -0.2) is 4.79 Å². The summed E-state index contributed by atoms with van der Waals surface area (Å²) < 4.78 is 0. The molecule has 2 N–H and O–H groups in total. The number of carbonyl (C=O) groups excluding carboxylic acids is 1. The lowest BCUT2D eigenvalue weighted by atomic mass is 9.88. The second kappa shape index (κ2) is 7.47. The molecular weight excluding hydrogens is 379 g/mol. The quantitative estimate of drug-likeness (QED) is 0.568. The number of halogens is 2. The van der Waals surface area contributed by atoms with Gasteiger partial charge < -0.3 is 10.6 Å². The molecule has 3 aromatic rings. The van der Waals surface area contributed by atoms with Gasteiger partial charge in [-0.1, -0.05) is 77.8 Å². The maximum atomic E-state index is 12.4. The van der Waals surface area contributed by atoms with Crippen molar-refractivity contribution in [2.24, 2.45) is 0 Å². The summed E-state index contributed by atoms with van der Waals surface area (Å²) in [6.45, 7) is 0. The number of hydrogen-bond acceptors (Lipinski definition) is 1. The monoisotopic (exact) mass is 394 g/mol. The molecule has 1 aliphatic heterocycles. The Morgan fingerprint density at radius 1 is 0.704 bits per heavy atom. The molecule has 5 heteroatoms. The van der Waals surface area contributed by atoms with Crippen LogP contribution < -0.4 is 10.6 Å². The highest BCUT2D eigenvalue weighted by Crippen LogP contribution is 2.38. The van der Waals surface area contributed by atoms with Crippen LogP contribution in [-0.4, -0.2) is 6.03 Å². The molecule has 0 bridgehead atoms. The van der Waals surface area contributed by atoms with Gasteiger partial charge in [0.15, 0.2) is 0 Å². The molecule has 0 saturated carbocycles. The summed E-state index contributed by atoms with van der Waals surface area (Å²) in [4.78, 5) is 12.4. The summed E-state index contributed by atoms with van der Waals surface area (Å²) in [7, 11) is 0. The lowest BCUT2D eigenvalue weighted by Crippen LogP contribution is -2.42. The highest BCUT2D eigenvalue weighted by Gasteiger charge is 2.29. The van der Waals surface area contributed by atoms with Crippen molar-refractivity contribution in [3.63, 3.8) is 0 Å². The lowest BCUT2D eigenvalue weighted by molar-refractivity contribution is 0.242. The summed E-state index contributed by atoms with van der Waals surface area (Å²) in [6.07, 6.45) is 0. The van der Waals surface area contributed by atoms with E-state index in [1.54, 1.807) is 0 Å². The molecule has 1 aliphatic rings. The fourth-order valence-corrected chi connectivity index (χ4v) is 3.49. The first kappa shape index (κ1) is 17.7. The smallest absolute Gasteiger partial charge is 0.320 e. The molecule has 0 radical (unpaired) electrons.